The van der Waals surface area contributed by atoms with Crippen LogP contribution in [0.2, 0.25) is 0 Å². The smallest absolute Gasteiger partial charge is 0.252 e. The maximum atomic E-state index is 12.9. The van der Waals surface area contributed by atoms with E-state index < -0.39 is 15.6 Å². The number of nitrogens with zero attached hydrogens (tertiary/aromatic N) is 4. The molecule has 2 aromatic heterocycles. The number of aromatic nitrogens is 3. The van der Waals surface area contributed by atoms with Gasteiger partial charge in [-0.3, -0.25) is 9.36 Å². The van der Waals surface area contributed by atoms with Crippen molar-refractivity contribution in [2.45, 2.75) is 81.7 Å². The monoisotopic (exact) mass is 461 g/mol. The maximum Gasteiger partial charge on any atom is 0.252 e. The summed E-state index contributed by atoms with van der Waals surface area (Å²) >= 11 is 0. The largest absolute Gasteiger partial charge is 0.388 e. The maximum absolute atomic E-state index is 12.9. The van der Waals surface area contributed by atoms with Crippen LogP contribution < -0.4 is 10.9 Å². The van der Waals surface area contributed by atoms with Gasteiger partial charge in [-0.15, -0.1) is 0 Å². The molecule has 3 aliphatic rings. The Hall–Kier alpha value is -2.04. The second-order valence-electron chi connectivity index (χ2n) is 9.79. The molecular formula is C22H31N5O4S. The number of hydrogen-bond acceptors (Lipinski definition) is 7. The van der Waals surface area contributed by atoms with E-state index in [1.54, 1.807) is 28.1 Å². The molecule has 0 amide bonds. The molecule has 0 aromatic carbocycles. The Morgan fingerprint density at radius 3 is 2.53 bits per heavy atom. The van der Waals surface area contributed by atoms with Gasteiger partial charge < -0.3 is 10.4 Å². The van der Waals surface area contributed by atoms with Crippen LogP contribution in [0.5, 0.6) is 0 Å². The van der Waals surface area contributed by atoms with Gasteiger partial charge in [0.25, 0.3) is 5.56 Å². The van der Waals surface area contributed by atoms with Crippen molar-refractivity contribution in [3.05, 3.63) is 28.2 Å². The van der Waals surface area contributed by atoms with Crippen molar-refractivity contribution in [3.63, 3.8) is 0 Å². The summed E-state index contributed by atoms with van der Waals surface area (Å²) in [7, 11) is -3.14. The van der Waals surface area contributed by atoms with E-state index in [1.165, 1.54) is 0 Å². The highest BCUT2D eigenvalue weighted by atomic mass is 32.2. The molecule has 32 heavy (non-hydrogen) atoms. The average Bonchev–Trinajstić information content (AvgIpc) is 3.54. The molecule has 3 fully saturated rings. The minimum atomic E-state index is -3.14. The van der Waals surface area contributed by atoms with Crippen molar-refractivity contribution in [2.75, 3.05) is 18.4 Å². The number of aryl methyl sites for hydroxylation is 1. The van der Waals surface area contributed by atoms with Gasteiger partial charge in [-0.05, 0) is 64.4 Å². The van der Waals surface area contributed by atoms with Gasteiger partial charge >= 0.3 is 0 Å². The van der Waals surface area contributed by atoms with Gasteiger partial charge in [0.15, 0.2) is 0 Å². The van der Waals surface area contributed by atoms with E-state index in [-0.39, 0.29) is 22.9 Å². The van der Waals surface area contributed by atoms with E-state index >= 15 is 0 Å². The predicted octanol–water partition coefficient (Wildman–Crippen LogP) is 1.94. The Morgan fingerprint density at radius 2 is 1.91 bits per heavy atom. The number of nitrogens with one attached hydrogen (secondary N) is 1. The minimum absolute atomic E-state index is 0.0673. The number of hydrogen-bond donors (Lipinski definition) is 2. The zero-order chi connectivity index (χ0) is 22.7. The number of sulfonamides is 1. The van der Waals surface area contributed by atoms with Crippen molar-refractivity contribution in [2.24, 2.45) is 0 Å². The third-order valence-corrected chi connectivity index (χ3v) is 9.68. The molecule has 1 aliphatic heterocycles. The van der Waals surface area contributed by atoms with Crippen LogP contribution in [0.3, 0.4) is 0 Å². The highest BCUT2D eigenvalue weighted by molar-refractivity contribution is 7.90. The van der Waals surface area contributed by atoms with Gasteiger partial charge in [0, 0.05) is 36.8 Å². The summed E-state index contributed by atoms with van der Waals surface area (Å²) in [5, 5.41) is 14.8. The molecule has 174 valence electrons. The van der Waals surface area contributed by atoms with Gasteiger partial charge in [0.1, 0.15) is 5.65 Å². The van der Waals surface area contributed by atoms with Gasteiger partial charge in [-0.25, -0.2) is 17.7 Å². The van der Waals surface area contributed by atoms with Gasteiger partial charge in [-0.2, -0.15) is 4.98 Å². The van der Waals surface area contributed by atoms with Crippen LogP contribution in [-0.4, -0.2) is 62.3 Å². The van der Waals surface area contributed by atoms with Crippen molar-refractivity contribution >= 4 is 27.0 Å². The molecule has 2 aromatic rings. The quantitative estimate of drug-likeness (QED) is 0.699. The normalized spacial score (nSPS) is 27.8. The van der Waals surface area contributed by atoms with Crippen molar-refractivity contribution in [1.82, 2.24) is 18.8 Å². The van der Waals surface area contributed by atoms with Crippen molar-refractivity contribution in [3.8, 4) is 0 Å². The fourth-order valence-corrected chi connectivity index (χ4v) is 7.07. The molecule has 0 radical (unpaired) electrons. The number of rotatable bonds is 5. The molecule has 5 rings (SSSR count). The molecule has 0 bridgehead atoms. The lowest BCUT2D eigenvalue weighted by Crippen LogP contribution is -2.43. The third kappa shape index (κ3) is 3.82. The highest BCUT2D eigenvalue weighted by Crippen LogP contribution is 2.39. The molecule has 2 atom stereocenters. The predicted molar refractivity (Wildman–Crippen MR) is 122 cm³/mol. The van der Waals surface area contributed by atoms with E-state index in [1.807, 2.05) is 6.92 Å². The fraction of sp³-hybridized carbons (Fsp3) is 0.682. The molecular weight excluding hydrogens is 430 g/mol. The second kappa shape index (κ2) is 7.78. The molecule has 0 spiro atoms. The first-order valence-electron chi connectivity index (χ1n) is 11.5. The lowest BCUT2D eigenvalue weighted by Gasteiger charge is -2.32. The first-order chi connectivity index (χ1) is 15.2. The second-order valence-corrected chi connectivity index (χ2v) is 12.0. The van der Waals surface area contributed by atoms with Crippen molar-refractivity contribution in [1.29, 1.82) is 0 Å². The van der Waals surface area contributed by atoms with Gasteiger partial charge in [-0.1, -0.05) is 0 Å². The van der Waals surface area contributed by atoms with E-state index in [9.17, 15) is 18.3 Å². The number of aliphatic hydroxyl groups is 1. The first-order valence-corrected chi connectivity index (χ1v) is 13.0. The van der Waals surface area contributed by atoms with E-state index in [4.69, 9.17) is 4.98 Å². The highest BCUT2D eigenvalue weighted by Gasteiger charge is 2.41. The summed E-state index contributed by atoms with van der Waals surface area (Å²) in [6, 6.07) is 1.33. The minimum Gasteiger partial charge on any atom is -0.388 e. The molecule has 10 heteroatoms. The topological polar surface area (TPSA) is 117 Å². The number of piperidine rings is 1. The molecule has 0 unspecified atom stereocenters. The van der Waals surface area contributed by atoms with Crippen LogP contribution >= 0.6 is 0 Å². The molecule has 3 heterocycles. The summed E-state index contributed by atoms with van der Waals surface area (Å²) in [6.07, 6.45) is 6.89. The lowest BCUT2D eigenvalue weighted by atomic mass is 9.99. The Bertz CT molecular complexity index is 1200. The molecule has 2 aliphatic carbocycles. The number of pyridine rings is 1. The van der Waals surface area contributed by atoms with Gasteiger partial charge in [0.05, 0.1) is 16.9 Å². The zero-order valence-electron chi connectivity index (χ0n) is 18.6. The fourth-order valence-electron chi connectivity index (χ4n) is 5.19. The Morgan fingerprint density at radius 1 is 1.19 bits per heavy atom. The Kier molecular flexibility index (Phi) is 5.29. The summed E-state index contributed by atoms with van der Waals surface area (Å²) in [6.45, 7) is 4.65. The summed E-state index contributed by atoms with van der Waals surface area (Å²) < 4.78 is 28.2. The number of fused-ring (bicyclic) bond motifs is 1. The summed E-state index contributed by atoms with van der Waals surface area (Å²) in [5.74, 6) is 0.428. The summed E-state index contributed by atoms with van der Waals surface area (Å²) in [5.41, 5.74) is 0.229. The summed E-state index contributed by atoms with van der Waals surface area (Å²) in [4.78, 5) is 22.1. The standard InChI is InChI=1S/C22H31N5O4S/c1-14-12-19(28)27(18-4-3-9-22(18,2)29)20-17(14)13-23-21(25-20)24-15-7-10-26(11-8-15)32(30,31)16-5-6-16/h12-13,15-16,18,29H,3-11H2,1-2H3,(H,23,24,25)/t18-,22-/m1/s1. The van der Waals surface area contributed by atoms with Crippen LogP contribution in [0.15, 0.2) is 17.1 Å². The first kappa shape index (κ1) is 21.8. The molecule has 2 saturated carbocycles. The van der Waals surface area contributed by atoms with Crippen LogP contribution in [0, 0.1) is 6.92 Å². The zero-order valence-corrected chi connectivity index (χ0v) is 19.4. The van der Waals surface area contributed by atoms with Crippen LogP contribution in [-0.2, 0) is 10.0 Å². The molecule has 9 nitrogen and oxygen atoms in total. The Balaban J connectivity index is 1.40. The number of anilines is 1. The van der Waals surface area contributed by atoms with Crippen LogP contribution in [0.4, 0.5) is 5.95 Å². The lowest BCUT2D eigenvalue weighted by molar-refractivity contribution is 0.0266. The molecule has 1 saturated heterocycles. The van der Waals surface area contributed by atoms with Gasteiger partial charge in [0.2, 0.25) is 16.0 Å². The van der Waals surface area contributed by atoms with E-state index in [0.717, 1.165) is 36.6 Å². The van der Waals surface area contributed by atoms with E-state index in [2.05, 4.69) is 10.3 Å². The van der Waals surface area contributed by atoms with Crippen LogP contribution in [0.25, 0.3) is 11.0 Å². The van der Waals surface area contributed by atoms with Crippen LogP contribution in [0.1, 0.15) is 63.5 Å². The average molecular weight is 462 g/mol. The van der Waals surface area contributed by atoms with Crippen molar-refractivity contribution < 1.29 is 13.5 Å². The van der Waals surface area contributed by atoms with E-state index in [0.29, 0.717) is 43.9 Å². The SMILES string of the molecule is Cc1cc(=O)n([C@@H]2CCC[C@@]2(C)O)c2nc(NC3CCN(S(=O)(=O)C4CC4)CC3)ncc12. The molecule has 2 N–H and O–H groups in total. The third-order valence-electron chi connectivity index (χ3n) is 7.28. The Labute approximate surface area is 187 Å².